The van der Waals surface area contributed by atoms with Crippen LogP contribution in [0.4, 0.5) is 0 Å². The highest BCUT2D eigenvalue weighted by Gasteiger charge is 2.13. The Hall–Kier alpha value is -1.06. The summed E-state index contributed by atoms with van der Waals surface area (Å²) in [7, 11) is 0. The summed E-state index contributed by atoms with van der Waals surface area (Å²) >= 11 is 0. The van der Waals surface area contributed by atoms with E-state index >= 15 is 0 Å². The Labute approximate surface area is 129 Å². The Bertz CT molecular complexity index is 402. The zero-order chi connectivity index (χ0) is 15.1. The molecule has 1 aromatic rings. The SMILES string of the molecule is CC(C)(C)c1ccc(OCCCC[NH+]2CCOCC2)cc1. The average molecular weight is 292 g/mol. The summed E-state index contributed by atoms with van der Waals surface area (Å²) in [6.45, 7) is 12.9. The van der Waals surface area contributed by atoms with Gasteiger partial charge in [-0.1, -0.05) is 32.9 Å². The number of hydrogen-bond donors (Lipinski definition) is 1. The Kier molecular flexibility index (Phi) is 6.07. The maximum Gasteiger partial charge on any atom is 0.119 e. The normalized spacial score (nSPS) is 16.9. The van der Waals surface area contributed by atoms with Crippen LogP contribution in [-0.2, 0) is 10.2 Å². The molecule has 1 aromatic carbocycles. The second kappa shape index (κ2) is 7.81. The lowest BCUT2D eigenvalue weighted by Gasteiger charge is -2.23. The van der Waals surface area contributed by atoms with Crippen molar-refractivity contribution in [1.82, 2.24) is 0 Å². The fourth-order valence-corrected chi connectivity index (χ4v) is 2.63. The largest absolute Gasteiger partial charge is 0.494 e. The summed E-state index contributed by atoms with van der Waals surface area (Å²) in [6.07, 6.45) is 2.36. The van der Waals surface area contributed by atoms with E-state index in [1.54, 1.807) is 4.90 Å². The minimum absolute atomic E-state index is 0.208. The quantitative estimate of drug-likeness (QED) is 0.811. The lowest BCUT2D eigenvalue weighted by molar-refractivity contribution is -0.908. The lowest BCUT2D eigenvalue weighted by atomic mass is 9.87. The molecule has 0 radical (unpaired) electrons. The van der Waals surface area contributed by atoms with Crippen LogP contribution in [0.2, 0.25) is 0 Å². The van der Waals surface area contributed by atoms with E-state index in [9.17, 15) is 0 Å². The molecule has 1 aliphatic heterocycles. The van der Waals surface area contributed by atoms with Crippen molar-refractivity contribution in [2.24, 2.45) is 0 Å². The molecule has 1 N–H and O–H groups in total. The molecule has 0 aliphatic carbocycles. The second-order valence-electron chi connectivity index (χ2n) is 6.94. The van der Waals surface area contributed by atoms with E-state index in [-0.39, 0.29) is 5.41 Å². The van der Waals surface area contributed by atoms with Gasteiger partial charge in [-0.3, -0.25) is 0 Å². The van der Waals surface area contributed by atoms with Crippen LogP contribution < -0.4 is 9.64 Å². The predicted molar refractivity (Wildman–Crippen MR) is 86.3 cm³/mol. The number of quaternary nitrogens is 1. The maximum absolute atomic E-state index is 5.83. The fourth-order valence-electron chi connectivity index (χ4n) is 2.63. The van der Waals surface area contributed by atoms with Gasteiger partial charge in [0.05, 0.1) is 26.4 Å². The van der Waals surface area contributed by atoms with Gasteiger partial charge in [0.1, 0.15) is 18.8 Å². The number of morpholine rings is 1. The number of nitrogens with one attached hydrogen (secondary N) is 1. The van der Waals surface area contributed by atoms with E-state index in [1.165, 1.54) is 18.5 Å². The van der Waals surface area contributed by atoms with Crippen molar-refractivity contribution in [3.63, 3.8) is 0 Å². The van der Waals surface area contributed by atoms with Crippen molar-refractivity contribution >= 4 is 0 Å². The summed E-state index contributed by atoms with van der Waals surface area (Å²) in [4.78, 5) is 1.68. The smallest absolute Gasteiger partial charge is 0.119 e. The summed E-state index contributed by atoms with van der Waals surface area (Å²) in [5.74, 6) is 0.988. The van der Waals surface area contributed by atoms with Crippen molar-refractivity contribution in [3.05, 3.63) is 29.8 Å². The molecular weight excluding hydrogens is 262 g/mol. The minimum Gasteiger partial charge on any atom is -0.494 e. The molecule has 3 heteroatoms. The zero-order valence-corrected chi connectivity index (χ0v) is 13.8. The summed E-state index contributed by atoms with van der Waals surface area (Å²) in [5.41, 5.74) is 1.56. The monoisotopic (exact) mass is 292 g/mol. The lowest BCUT2D eigenvalue weighted by Crippen LogP contribution is -3.14. The number of hydrogen-bond acceptors (Lipinski definition) is 2. The van der Waals surface area contributed by atoms with E-state index in [0.29, 0.717) is 0 Å². The Morgan fingerprint density at radius 2 is 1.71 bits per heavy atom. The van der Waals surface area contributed by atoms with E-state index in [0.717, 1.165) is 45.1 Å². The van der Waals surface area contributed by atoms with E-state index in [1.807, 2.05) is 0 Å². The molecule has 1 saturated heterocycles. The van der Waals surface area contributed by atoms with Crippen LogP contribution in [0.5, 0.6) is 5.75 Å². The molecule has 0 amide bonds. The first-order valence-corrected chi connectivity index (χ1v) is 8.20. The molecule has 0 bridgehead atoms. The standard InChI is InChI=1S/C18H29NO2/c1-18(2,3)16-6-8-17(9-7-16)21-13-5-4-10-19-11-14-20-15-12-19/h6-9H,4-5,10-15H2,1-3H3/p+1. The first-order valence-electron chi connectivity index (χ1n) is 8.20. The summed E-state index contributed by atoms with van der Waals surface area (Å²) in [5, 5.41) is 0. The molecule has 0 saturated carbocycles. The van der Waals surface area contributed by atoms with Crippen molar-refractivity contribution in [2.45, 2.75) is 39.0 Å². The molecule has 1 aliphatic rings. The van der Waals surface area contributed by atoms with Crippen LogP contribution >= 0.6 is 0 Å². The molecule has 1 heterocycles. The van der Waals surface area contributed by atoms with Crippen molar-refractivity contribution in [3.8, 4) is 5.75 Å². The van der Waals surface area contributed by atoms with E-state index in [4.69, 9.17) is 9.47 Å². The fraction of sp³-hybridized carbons (Fsp3) is 0.667. The Morgan fingerprint density at radius 3 is 2.33 bits per heavy atom. The topological polar surface area (TPSA) is 22.9 Å². The van der Waals surface area contributed by atoms with Crippen molar-refractivity contribution in [2.75, 3.05) is 39.5 Å². The summed E-state index contributed by atoms with van der Waals surface area (Å²) in [6, 6.07) is 8.53. The van der Waals surface area contributed by atoms with E-state index < -0.39 is 0 Å². The molecule has 0 spiro atoms. The first kappa shape index (κ1) is 16.3. The summed E-state index contributed by atoms with van der Waals surface area (Å²) < 4.78 is 11.2. The van der Waals surface area contributed by atoms with Gasteiger partial charge >= 0.3 is 0 Å². The molecule has 1 fully saturated rings. The van der Waals surface area contributed by atoms with Crippen LogP contribution in [0.15, 0.2) is 24.3 Å². The molecule has 3 nitrogen and oxygen atoms in total. The van der Waals surface area contributed by atoms with Gasteiger partial charge in [-0.15, -0.1) is 0 Å². The third kappa shape index (κ3) is 5.68. The van der Waals surface area contributed by atoms with Crippen LogP contribution in [0, 0.1) is 0 Å². The number of rotatable bonds is 6. The van der Waals surface area contributed by atoms with Gasteiger partial charge in [-0.2, -0.15) is 0 Å². The third-order valence-electron chi connectivity index (χ3n) is 4.11. The second-order valence-corrected chi connectivity index (χ2v) is 6.94. The van der Waals surface area contributed by atoms with Gasteiger partial charge in [0, 0.05) is 0 Å². The van der Waals surface area contributed by atoms with Crippen LogP contribution in [0.3, 0.4) is 0 Å². The van der Waals surface area contributed by atoms with Gasteiger partial charge in [0.25, 0.3) is 0 Å². The molecule has 2 rings (SSSR count). The highest BCUT2D eigenvalue weighted by atomic mass is 16.5. The van der Waals surface area contributed by atoms with Gasteiger partial charge in [0.2, 0.25) is 0 Å². The van der Waals surface area contributed by atoms with Crippen LogP contribution in [-0.4, -0.2) is 39.5 Å². The van der Waals surface area contributed by atoms with Gasteiger partial charge in [0.15, 0.2) is 0 Å². The van der Waals surface area contributed by atoms with Crippen LogP contribution in [0.1, 0.15) is 39.2 Å². The number of ether oxygens (including phenoxy) is 2. The Balaban J connectivity index is 1.62. The predicted octanol–water partition coefficient (Wildman–Crippen LogP) is 2.06. The van der Waals surface area contributed by atoms with Gasteiger partial charge in [-0.25, -0.2) is 0 Å². The van der Waals surface area contributed by atoms with Crippen LogP contribution in [0.25, 0.3) is 0 Å². The molecule has 21 heavy (non-hydrogen) atoms. The number of unbranched alkanes of at least 4 members (excludes halogenated alkanes) is 1. The Morgan fingerprint density at radius 1 is 1.05 bits per heavy atom. The van der Waals surface area contributed by atoms with E-state index in [2.05, 4.69) is 45.0 Å². The van der Waals surface area contributed by atoms with Crippen molar-refractivity contribution < 1.29 is 14.4 Å². The molecule has 0 atom stereocenters. The highest BCUT2D eigenvalue weighted by molar-refractivity contribution is 5.31. The van der Waals surface area contributed by atoms with Gasteiger partial charge < -0.3 is 14.4 Å². The average Bonchev–Trinajstić information content (AvgIpc) is 2.47. The van der Waals surface area contributed by atoms with Crippen molar-refractivity contribution in [1.29, 1.82) is 0 Å². The van der Waals surface area contributed by atoms with Gasteiger partial charge in [-0.05, 0) is 36.0 Å². The number of benzene rings is 1. The first-order chi connectivity index (χ1) is 10.1. The maximum atomic E-state index is 5.83. The molecular formula is C18H30NO2+. The third-order valence-corrected chi connectivity index (χ3v) is 4.11. The molecule has 0 unspecified atom stereocenters. The molecule has 118 valence electrons. The zero-order valence-electron chi connectivity index (χ0n) is 13.8. The minimum atomic E-state index is 0.208. The highest BCUT2D eigenvalue weighted by Crippen LogP contribution is 2.24. The molecule has 0 aromatic heterocycles.